The van der Waals surface area contributed by atoms with Gasteiger partial charge in [0.05, 0.1) is 17.1 Å². The predicted octanol–water partition coefficient (Wildman–Crippen LogP) is 5.74. The van der Waals surface area contributed by atoms with Crippen molar-refractivity contribution in [3.63, 3.8) is 0 Å². The van der Waals surface area contributed by atoms with Crippen LogP contribution in [0.4, 0.5) is 22.0 Å². The van der Waals surface area contributed by atoms with E-state index in [0.29, 0.717) is 34.3 Å². The maximum atomic E-state index is 13.1. The highest BCUT2D eigenvalue weighted by molar-refractivity contribution is 6.05. The number of aromatic nitrogens is 3. The molecule has 0 saturated heterocycles. The first-order valence-corrected chi connectivity index (χ1v) is 12.3. The highest BCUT2D eigenvalue weighted by atomic mass is 16.5. The van der Waals surface area contributed by atoms with Crippen molar-refractivity contribution in [2.75, 3.05) is 10.2 Å². The summed E-state index contributed by atoms with van der Waals surface area (Å²) in [6, 6.07) is 27.5. The van der Waals surface area contributed by atoms with Gasteiger partial charge in [-0.15, -0.1) is 0 Å². The molecule has 3 aromatic carbocycles. The van der Waals surface area contributed by atoms with E-state index >= 15 is 0 Å². The molecule has 0 atom stereocenters. The van der Waals surface area contributed by atoms with E-state index in [0.717, 1.165) is 4.90 Å². The van der Waals surface area contributed by atoms with Gasteiger partial charge in [0.1, 0.15) is 22.9 Å². The summed E-state index contributed by atoms with van der Waals surface area (Å²) in [5.74, 6) is 0.499. The molecule has 0 unspecified atom stereocenters. The molecule has 2 amide bonds. The predicted molar refractivity (Wildman–Crippen MR) is 151 cm³/mol. The van der Waals surface area contributed by atoms with Crippen LogP contribution in [0.1, 0.15) is 16.1 Å². The molecule has 0 bridgehead atoms. The monoisotopic (exact) mass is 535 g/mol. The first-order valence-electron chi connectivity index (χ1n) is 12.3. The fourth-order valence-electron chi connectivity index (χ4n) is 4.27. The Balaban J connectivity index is 1.32. The number of rotatable bonds is 7. The van der Waals surface area contributed by atoms with Gasteiger partial charge in [-0.05, 0) is 61.5 Å². The van der Waals surface area contributed by atoms with E-state index in [1.807, 2.05) is 18.2 Å². The molecule has 2 aromatic heterocycles. The van der Waals surface area contributed by atoms with Crippen molar-refractivity contribution in [3.05, 3.63) is 125 Å². The summed E-state index contributed by atoms with van der Waals surface area (Å²) in [6.07, 6.45) is 0.280. The minimum atomic E-state index is -1.18. The maximum absolute atomic E-state index is 13.1. The number of para-hydroxylation sites is 2. The first-order chi connectivity index (χ1) is 19.3. The van der Waals surface area contributed by atoms with Crippen LogP contribution in [-0.4, -0.2) is 31.5 Å². The zero-order valence-corrected chi connectivity index (χ0v) is 21.7. The molecule has 200 valence electrons. The molecule has 0 aliphatic heterocycles. The zero-order chi connectivity index (χ0) is 28.2. The van der Waals surface area contributed by atoms with Crippen LogP contribution >= 0.6 is 0 Å². The van der Waals surface area contributed by atoms with Crippen LogP contribution in [0.3, 0.4) is 0 Å². The standard InChI is InChI=1S/C30H25N5O5/c1-20-27(29(37)35(33(20)2)23-11-7-4-8-12-23)28(36)32-21-13-15-24(16-14-21)40-25-17-18-31-26(19-25)34(30(38)39)22-9-5-3-6-10-22/h3-19H,1-2H3,(H,32,36)(H,38,39). The van der Waals surface area contributed by atoms with Crippen LogP contribution in [0.2, 0.25) is 0 Å². The van der Waals surface area contributed by atoms with Gasteiger partial charge >= 0.3 is 6.09 Å². The first kappa shape index (κ1) is 26.0. The van der Waals surface area contributed by atoms with E-state index in [1.54, 1.807) is 91.4 Å². The summed E-state index contributed by atoms with van der Waals surface area (Å²) in [4.78, 5) is 43.4. The number of amides is 2. The van der Waals surface area contributed by atoms with Gasteiger partial charge in [-0.1, -0.05) is 36.4 Å². The van der Waals surface area contributed by atoms with Crippen molar-refractivity contribution in [1.29, 1.82) is 0 Å². The smallest absolute Gasteiger partial charge is 0.417 e. The topological polar surface area (TPSA) is 119 Å². The van der Waals surface area contributed by atoms with Crippen LogP contribution in [0.25, 0.3) is 5.69 Å². The second-order valence-corrected chi connectivity index (χ2v) is 8.82. The lowest BCUT2D eigenvalue weighted by atomic mass is 10.2. The average molecular weight is 536 g/mol. The number of carboxylic acid groups (broad SMARTS) is 1. The number of hydrogen-bond acceptors (Lipinski definition) is 5. The second kappa shape index (κ2) is 11.0. The Morgan fingerprint density at radius 2 is 1.55 bits per heavy atom. The molecule has 10 nitrogen and oxygen atoms in total. The highest BCUT2D eigenvalue weighted by Gasteiger charge is 2.22. The van der Waals surface area contributed by atoms with E-state index in [2.05, 4.69) is 10.3 Å². The van der Waals surface area contributed by atoms with E-state index in [1.165, 1.54) is 16.9 Å². The lowest BCUT2D eigenvalue weighted by Gasteiger charge is -2.18. The lowest BCUT2D eigenvalue weighted by Crippen LogP contribution is -2.25. The van der Waals surface area contributed by atoms with Gasteiger partial charge in [0, 0.05) is 25.0 Å². The number of anilines is 3. The summed E-state index contributed by atoms with van der Waals surface area (Å²) in [5, 5.41) is 12.5. The third-order valence-electron chi connectivity index (χ3n) is 6.28. The van der Waals surface area contributed by atoms with Crippen molar-refractivity contribution in [3.8, 4) is 17.2 Å². The highest BCUT2D eigenvalue weighted by Crippen LogP contribution is 2.29. The van der Waals surface area contributed by atoms with Crippen molar-refractivity contribution >= 4 is 29.2 Å². The zero-order valence-electron chi connectivity index (χ0n) is 21.7. The number of carbonyl (C=O) groups is 2. The molecule has 2 N–H and O–H groups in total. The van der Waals surface area contributed by atoms with Gasteiger partial charge in [0.25, 0.3) is 11.5 Å². The number of pyridine rings is 1. The normalized spacial score (nSPS) is 10.7. The van der Waals surface area contributed by atoms with E-state index in [4.69, 9.17) is 4.74 Å². The Morgan fingerprint density at radius 3 is 2.20 bits per heavy atom. The number of nitrogens with zero attached hydrogens (tertiary/aromatic N) is 4. The summed E-state index contributed by atoms with van der Waals surface area (Å²) in [7, 11) is 1.73. The van der Waals surface area contributed by atoms with Crippen molar-refractivity contribution in [1.82, 2.24) is 14.3 Å². The van der Waals surface area contributed by atoms with Crippen molar-refractivity contribution < 1.29 is 19.4 Å². The van der Waals surface area contributed by atoms with E-state index < -0.39 is 17.6 Å². The number of nitrogens with one attached hydrogen (secondary N) is 1. The Labute approximate surface area is 229 Å². The largest absolute Gasteiger partial charge is 0.464 e. The van der Waals surface area contributed by atoms with Gasteiger partial charge in [0.2, 0.25) is 0 Å². The molecule has 0 fully saturated rings. The van der Waals surface area contributed by atoms with Gasteiger partial charge in [-0.3, -0.25) is 14.3 Å². The third-order valence-corrected chi connectivity index (χ3v) is 6.28. The van der Waals surface area contributed by atoms with E-state index in [9.17, 15) is 19.5 Å². The summed E-state index contributed by atoms with van der Waals surface area (Å²) in [6.45, 7) is 1.72. The van der Waals surface area contributed by atoms with Gasteiger partial charge in [0.15, 0.2) is 0 Å². The fraction of sp³-hybridized carbons (Fsp3) is 0.0667. The molecule has 0 saturated carbocycles. The van der Waals surface area contributed by atoms with Crippen LogP contribution in [0.5, 0.6) is 11.5 Å². The van der Waals surface area contributed by atoms with Crippen LogP contribution < -0.4 is 20.5 Å². The molecule has 0 aliphatic carbocycles. The molecule has 2 heterocycles. The van der Waals surface area contributed by atoms with Gasteiger partial charge in [-0.2, -0.15) is 0 Å². The van der Waals surface area contributed by atoms with Crippen molar-refractivity contribution in [2.24, 2.45) is 7.05 Å². The minimum absolute atomic E-state index is 0.0531. The molecule has 0 aliphatic rings. The average Bonchev–Trinajstić information content (AvgIpc) is 3.18. The SMILES string of the molecule is Cc1c(C(=O)Nc2ccc(Oc3ccnc(N(C(=O)O)c4ccccc4)c3)cc2)c(=O)n(-c2ccccc2)n1C. The maximum Gasteiger partial charge on any atom is 0.417 e. The Kier molecular flexibility index (Phi) is 7.14. The van der Waals surface area contributed by atoms with Crippen LogP contribution in [0.15, 0.2) is 108 Å². The molecule has 0 spiro atoms. The Hall–Kier alpha value is -5.64. The van der Waals surface area contributed by atoms with Crippen LogP contribution in [-0.2, 0) is 7.05 Å². The van der Waals surface area contributed by atoms with Gasteiger partial charge in [-0.25, -0.2) is 19.4 Å². The lowest BCUT2D eigenvalue weighted by molar-refractivity contribution is 0.102. The van der Waals surface area contributed by atoms with Gasteiger partial charge < -0.3 is 15.2 Å². The Bertz CT molecular complexity index is 1730. The fourth-order valence-corrected chi connectivity index (χ4v) is 4.27. The molecule has 5 rings (SSSR count). The number of benzene rings is 3. The summed E-state index contributed by atoms with van der Waals surface area (Å²) in [5.41, 5.74) is 1.76. The minimum Gasteiger partial charge on any atom is -0.464 e. The molecule has 0 radical (unpaired) electrons. The molecule has 5 aromatic rings. The summed E-state index contributed by atoms with van der Waals surface area (Å²) >= 11 is 0. The van der Waals surface area contributed by atoms with E-state index in [-0.39, 0.29) is 11.4 Å². The number of carbonyl (C=O) groups excluding carboxylic acids is 1. The molecular weight excluding hydrogens is 510 g/mol. The summed E-state index contributed by atoms with van der Waals surface area (Å²) < 4.78 is 9.01. The number of hydrogen-bond donors (Lipinski definition) is 2. The molecule has 40 heavy (non-hydrogen) atoms. The molecular formula is C30H25N5O5. The second-order valence-electron chi connectivity index (χ2n) is 8.82. The van der Waals surface area contributed by atoms with Crippen LogP contribution in [0, 0.1) is 6.92 Å². The molecule has 10 heteroatoms. The third kappa shape index (κ3) is 5.18. The van der Waals surface area contributed by atoms with Crippen molar-refractivity contribution in [2.45, 2.75) is 6.92 Å². The quantitative estimate of drug-likeness (QED) is 0.274. The number of ether oxygens (including phenoxy) is 1. The Morgan fingerprint density at radius 1 is 0.900 bits per heavy atom.